The minimum absolute atomic E-state index is 0.00173. The van der Waals surface area contributed by atoms with Crippen LogP contribution in [0.3, 0.4) is 0 Å². The standard InChI is InChI=1S/C16H15BrFN3O5S/c1-10-3-5-12(21(23)24)8-15(10)20(27(2,25)26)9-16(22)19-14-6-4-11(17)7-13(14)18/h3-8H,9H2,1-2H3,(H,19,22). The quantitative estimate of drug-likeness (QED) is 0.526. The van der Waals surface area contributed by atoms with Crippen LogP contribution in [0, 0.1) is 22.9 Å². The number of nitro groups is 1. The molecular weight excluding hydrogens is 445 g/mol. The van der Waals surface area contributed by atoms with Gasteiger partial charge in [-0.3, -0.25) is 19.2 Å². The lowest BCUT2D eigenvalue weighted by Gasteiger charge is -2.23. The number of anilines is 2. The van der Waals surface area contributed by atoms with Gasteiger partial charge in [-0.15, -0.1) is 0 Å². The molecule has 0 bridgehead atoms. The van der Waals surface area contributed by atoms with Crippen molar-refractivity contribution in [3.8, 4) is 0 Å². The Morgan fingerprint density at radius 3 is 2.52 bits per heavy atom. The molecule has 27 heavy (non-hydrogen) atoms. The Morgan fingerprint density at radius 1 is 1.30 bits per heavy atom. The Bertz CT molecular complexity index is 1010. The number of nitrogens with zero attached hydrogens (tertiary/aromatic N) is 2. The average molecular weight is 460 g/mol. The van der Waals surface area contributed by atoms with Crippen molar-refractivity contribution in [1.29, 1.82) is 0 Å². The molecule has 0 atom stereocenters. The Morgan fingerprint density at radius 2 is 1.96 bits per heavy atom. The highest BCUT2D eigenvalue weighted by Gasteiger charge is 2.24. The number of rotatable bonds is 6. The van der Waals surface area contributed by atoms with Crippen molar-refractivity contribution in [2.75, 3.05) is 22.4 Å². The fourth-order valence-corrected chi connectivity index (χ4v) is 3.51. The zero-order valence-corrected chi connectivity index (χ0v) is 16.7. The lowest BCUT2D eigenvalue weighted by molar-refractivity contribution is -0.384. The van der Waals surface area contributed by atoms with Gasteiger partial charge in [0.05, 0.1) is 22.6 Å². The molecule has 0 aliphatic rings. The normalized spacial score (nSPS) is 11.1. The number of carbonyl (C=O) groups is 1. The number of halogens is 2. The maximum Gasteiger partial charge on any atom is 0.271 e. The summed E-state index contributed by atoms with van der Waals surface area (Å²) in [4.78, 5) is 22.6. The second-order valence-electron chi connectivity index (χ2n) is 5.67. The largest absolute Gasteiger partial charge is 0.322 e. The first-order valence-electron chi connectivity index (χ1n) is 7.46. The number of benzene rings is 2. The summed E-state index contributed by atoms with van der Waals surface area (Å²) in [6.45, 7) is 0.889. The Hall–Kier alpha value is -2.53. The third kappa shape index (κ3) is 5.23. The summed E-state index contributed by atoms with van der Waals surface area (Å²) in [6, 6.07) is 7.67. The van der Waals surface area contributed by atoms with E-state index in [1.165, 1.54) is 24.3 Å². The molecule has 2 rings (SSSR count). The molecule has 0 fully saturated rings. The van der Waals surface area contributed by atoms with Gasteiger partial charge in [0.1, 0.15) is 12.4 Å². The van der Waals surface area contributed by atoms with Crippen molar-refractivity contribution < 1.29 is 22.5 Å². The van der Waals surface area contributed by atoms with Crippen LogP contribution >= 0.6 is 15.9 Å². The van der Waals surface area contributed by atoms with E-state index in [2.05, 4.69) is 21.2 Å². The van der Waals surface area contributed by atoms with Crippen LogP contribution in [0.1, 0.15) is 5.56 Å². The zero-order valence-electron chi connectivity index (χ0n) is 14.3. The third-order valence-corrected chi connectivity index (χ3v) is 5.18. The van der Waals surface area contributed by atoms with Crippen LogP contribution in [-0.2, 0) is 14.8 Å². The summed E-state index contributed by atoms with van der Waals surface area (Å²) >= 11 is 3.09. The smallest absolute Gasteiger partial charge is 0.271 e. The van der Waals surface area contributed by atoms with Crippen molar-refractivity contribution in [3.05, 3.63) is 62.4 Å². The van der Waals surface area contributed by atoms with E-state index in [0.29, 0.717) is 10.0 Å². The van der Waals surface area contributed by atoms with Gasteiger partial charge in [-0.05, 0) is 30.7 Å². The van der Waals surface area contributed by atoms with Gasteiger partial charge in [0.25, 0.3) is 5.69 Å². The number of hydrogen-bond donors (Lipinski definition) is 1. The van der Waals surface area contributed by atoms with Crippen LogP contribution < -0.4 is 9.62 Å². The Labute approximate surface area is 163 Å². The van der Waals surface area contributed by atoms with Crippen molar-refractivity contribution >= 4 is 48.9 Å². The second-order valence-corrected chi connectivity index (χ2v) is 8.49. The van der Waals surface area contributed by atoms with E-state index in [9.17, 15) is 27.7 Å². The number of nitrogens with one attached hydrogen (secondary N) is 1. The van der Waals surface area contributed by atoms with Crippen LogP contribution in [0.15, 0.2) is 40.9 Å². The van der Waals surface area contributed by atoms with E-state index < -0.39 is 33.2 Å². The molecule has 0 aliphatic heterocycles. The number of aryl methyl sites for hydroxylation is 1. The molecule has 0 aromatic heterocycles. The van der Waals surface area contributed by atoms with Crippen molar-refractivity contribution in [2.24, 2.45) is 0 Å². The van der Waals surface area contributed by atoms with Gasteiger partial charge in [-0.25, -0.2) is 12.8 Å². The van der Waals surface area contributed by atoms with Gasteiger partial charge in [0.2, 0.25) is 15.9 Å². The zero-order chi connectivity index (χ0) is 20.4. The molecule has 0 saturated carbocycles. The lowest BCUT2D eigenvalue weighted by atomic mass is 10.2. The molecule has 2 aromatic carbocycles. The third-order valence-electron chi connectivity index (χ3n) is 3.56. The number of carbonyl (C=O) groups excluding carboxylic acids is 1. The molecule has 8 nitrogen and oxygen atoms in total. The number of hydrogen-bond acceptors (Lipinski definition) is 5. The first-order chi connectivity index (χ1) is 12.5. The molecule has 0 spiro atoms. The SMILES string of the molecule is Cc1ccc([N+](=O)[O-])cc1N(CC(=O)Nc1ccc(Br)cc1F)S(C)(=O)=O. The molecular formula is C16H15BrFN3O5S. The van der Waals surface area contributed by atoms with Gasteiger partial charge in [-0.1, -0.05) is 22.0 Å². The number of nitro benzene ring substituents is 1. The molecule has 1 N–H and O–H groups in total. The molecule has 0 aliphatic carbocycles. The van der Waals surface area contributed by atoms with Gasteiger partial charge in [0, 0.05) is 16.6 Å². The van der Waals surface area contributed by atoms with Crippen LogP contribution in [0.4, 0.5) is 21.5 Å². The summed E-state index contributed by atoms with van der Waals surface area (Å²) in [6.07, 6.45) is 0.874. The molecule has 0 radical (unpaired) electrons. The summed E-state index contributed by atoms with van der Waals surface area (Å²) < 4.78 is 39.4. The summed E-state index contributed by atoms with van der Waals surface area (Å²) in [5.74, 6) is -1.50. The highest BCUT2D eigenvalue weighted by molar-refractivity contribution is 9.10. The van der Waals surface area contributed by atoms with E-state index in [1.807, 2.05) is 0 Å². The molecule has 11 heteroatoms. The Kier molecular flexibility index (Phi) is 6.16. The van der Waals surface area contributed by atoms with Crippen LogP contribution in [0.2, 0.25) is 0 Å². The maximum absolute atomic E-state index is 13.9. The van der Waals surface area contributed by atoms with E-state index in [1.54, 1.807) is 6.92 Å². The first-order valence-corrected chi connectivity index (χ1v) is 10.1. The topological polar surface area (TPSA) is 110 Å². The van der Waals surface area contributed by atoms with Crippen LogP contribution in [0.5, 0.6) is 0 Å². The maximum atomic E-state index is 13.9. The predicted molar refractivity (Wildman–Crippen MR) is 103 cm³/mol. The number of sulfonamides is 1. The first kappa shape index (κ1) is 20.8. The van der Waals surface area contributed by atoms with E-state index in [-0.39, 0.29) is 17.1 Å². The van der Waals surface area contributed by atoms with Crippen LogP contribution in [0.25, 0.3) is 0 Å². The molecule has 0 saturated heterocycles. The molecule has 0 unspecified atom stereocenters. The summed E-state index contributed by atoms with van der Waals surface area (Å²) in [5, 5.41) is 13.3. The predicted octanol–water partition coefficient (Wildman–Crippen LogP) is 3.21. The molecule has 1 amide bonds. The lowest BCUT2D eigenvalue weighted by Crippen LogP contribution is -2.38. The van der Waals surface area contributed by atoms with E-state index in [0.717, 1.165) is 22.7 Å². The fraction of sp³-hybridized carbons (Fsp3) is 0.188. The Balaban J connectivity index is 2.34. The van der Waals surface area contributed by atoms with Gasteiger partial charge in [-0.2, -0.15) is 0 Å². The van der Waals surface area contributed by atoms with Crippen molar-refractivity contribution in [2.45, 2.75) is 6.92 Å². The molecule has 144 valence electrons. The van der Waals surface area contributed by atoms with Gasteiger partial charge < -0.3 is 5.32 Å². The van der Waals surface area contributed by atoms with E-state index >= 15 is 0 Å². The second kappa shape index (κ2) is 8.01. The molecule has 0 heterocycles. The fourth-order valence-electron chi connectivity index (χ4n) is 2.27. The van der Waals surface area contributed by atoms with Crippen LogP contribution in [-0.4, -0.2) is 32.0 Å². The van der Waals surface area contributed by atoms with E-state index in [4.69, 9.17) is 0 Å². The van der Waals surface area contributed by atoms with Crippen molar-refractivity contribution in [3.63, 3.8) is 0 Å². The molecule has 2 aromatic rings. The monoisotopic (exact) mass is 459 g/mol. The number of amides is 1. The highest BCUT2D eigenvalue weighted by atomic mass is 79.9. The van der Waals surface area contributed by atoms with Crippen molar-refractivity contribution in [1.82, 2.24) is 0 Å². The van der Waals surface area contributed by atoms with Gasteiger partial charge >= 0.3 is 0 Å². The summed E-state index contributed by atoms with van der Waals surface area (Å²) in [7, 11) is -3.94. The minimum atomic E-state index is -3.94. The average Bonchev–Trinajstić information content (AvgIpc) is 2.55. The number of non-ortho nitro benzene ring substituents is 1. The van der Waals surface area contributed by atoms with Gasteiger partial charge in [0.15, 0.2) is 0 Å². The minimum Gasteiger partial charge on any atom is -0.322 e. The highest BCUT2D eigenvalue weighted by Crippen LogP contribution is 2.27. The summed E-state index contributed by atoms with van der Waals surface area (Å²) in [5.41, 5.74) is -0.0113.